The second-order valence-electron chi connectivity index (χ2n) is 7.08. The summed E-state index contributed by atoms with van der Waals surface area (Å²) in [7, 11) is 3.15. The van der Waals surface area contributed by atoms with Gasteiger partial charge in [0.1, 0.15) is 11.6 Å². The number of ketones is 1. The molecule has 2 N–H and O–H groups in total. The van der Waals surface area contributed by atoms with Gasteiger partial charge in [-0.3, -0.25) is 19.1 Å². The van der Waals surface area contributed by atoms with E-state index in [1.165, 1.54) is 4.57 Å². The molecule has 7 heteroatoms. The first kappa shape index (κ1) is 17.2. The third kappa shape index (κ3) is 2.34. The number of fused-ring (bicyclic) bond motifs is 3. The summed E-state index contributed by atoms with van der Waals surface area (Å²) in [5.41, 5.74) is 2.50. The Morgan fingerprint density at radius 1 is 1.00 bits per heavy atom. The van der Waals surface area contributed by atoms with E-state index in [-0.39, 0.29) is 5.78 Å². The van der Waals surface area contributed by atoms with E-state index >= 15 is 0 Å². The molecule has 0 saturated heterocycles. The van der Waals surface area contributed by atoms with Crippen LogP contribution in [0.25, 0.3) is 5.70 Å². The van der Waals surface area contributed by atoms with Gasteiger partial charge in [0, 0.05) is 29.7 Å². The Bertz CT molecular complexity index is 1350. The standard InChI is InChI=1S/C22H17N3O4/c1-25-20-17(21(27)24-22(25)28)15(11-6-5-7-12(10-11)29-2)16-18(23-20)13-8-3-4-9-14(13)19(16)26/h3-10,15,23H,1-2H3,(H,24,27,28). The quantitative estimate of drug-likeness (QED) is 0.704. The first-order chi connectivity index (χ1) is 14.0. The van der Waals surface area contributed by atoms with Gasteiger partial charge in [0.25, 0.3) is 5.56 Å². The van der Waals surface area contributed by atoms with Crippen molar-refractivity contribution < 1.29 is 9.53 Å². The topological polar surface area (TPSA) is 93.2 Å². The van der Waals surface area contributed by atoms with Crippen LogP contribution in [0, 0.1) is 0 Å². The molecule has 2 aromatic carbocycles. The Balaban J connectivity index is 1.86. The normalized spacial score (nSPS) is 16.8. The van der Waals surface area contributed by atoms with Gasteiger partial charge >= 0.3 is 5.69 Å². The Labute approximate surface area is 165 Å². The maximum Gasteiger partial charge on any atom is 0.329 e. The minimum Gasteiger partial charge on any atom is -0.497 e. The van der Waals surface area contributed by atoms with E-state index < -0.39 is 17.2 Å². The molecule has 2 heterocycles. The van der Waals surface area contributed by atoms with Gasteiger partial charge in [-0.15, -0.1) is 0 Å². The molecule has 1 aromatic heterocycles. The van der Waals surface area contributed by atoms with E-state index in [0.717, 1.165) is 11.1 Å². The highest BCUT2D eigenvalue weighted by Gasteiger charge is 2.42. The van der Waals surface area contributed by atoms with Gasteiger partial charge in [-0.05, 0) is 17.7 Å². The van der Waals surface area contributed by atoms with Crippen LogP contribution in [0.15, 0.2) is 63.7 Å². The van der Waals surface area contributed by atoms with E-state index in [2.05, 4.69) is 10.3 Å². The fourth-order valence-corrected chi connectivity index (χ4v) is 4.19. The molecule has 7 nitrogen and oxygen atoms in total. The number of anilines is 1. The third-order valence-corrected chi connectivity index (χ3v) is 5.56. The first-order valence-electron chi connectivity index (χ1n) is 9.13. The summed E-state index contributed by atoms with van der Waals surface area (Å²) < 4.78 is 6.71. The zero-order chi connectivity index (χ0) is 20.3. The summed E-state index contributed by atoms with van der Waals surface area (Å²) in [5, 5.41) is 3.19. The van der Waals surface area contributed by atoms with Crippen LogP contribution < -0.4 is 21.3 Å². The average Bonchev–Trinajstić information content (AvgIpc) is 3.03. The lowest BCUT2D eigenvalue weighted by molar-refractivity contribution is 0.103. The number of benzene rings is 2. The van der Waals surface area contributed by atoms with Crippen LogP contribution in [-0.4, -0.2) is 22.4 Å². The van der Waals surface area contributed by atoms with Gasteiger partial charge in [-0.25, -0.2) is 4.79 Å². The van der Waals surface area contributed by atoms with Crippen LogP contribution in [-0.2, 0) is 7.05 Å². The minimum absolute atomic E-state index is 0.130. The molecular weight excluding hydrogens is 370 g/mol. The van der Waals surface area contributed by atoms with Crippen LogP contribution in [0.4, 0.5) is 5.82 Å². The Hall–Kier alpha value is -3.87. The molecule has 1 aliphatic heterocycles. The summed E-state index contributed by atoms with van der Waals surface area (Å²) in [6, 6.07) is 14.6. The molecule has 0 radical (unpaired) electrons. The van der Waals surface area contributed by atoms with Gasteiger partial charge in [0.2, 0.25) is 0 Å². The zero-order valence-electron chi connectivity index (χ0n) is 15.8. The molecule has 144 valence electrons. The number of methoxy groups -OCH3 is 1. The Kier molecular flexibility index (Phi) is 3.61. The van der Waals surface area contributed by atoms with Crippen molar-refractivity contribution in [1.29, 1.82) is 0 Å². The molecule has 0 amide bonds. The number of carbonyl (C=O) groups excluding carboxylic acids is 1. The predicted molar refractivity (Wildman–Crippen MR) is 108 cm³/mol. The molecule has 0 saturated carbocycles. The SMILES string of the molecule is COc1cccc(C2C3=C(Nc4c2c(=O)[nH]c(=O)n4C)c2ccccc2C3=O)c1. The predicted octanol–water partition coefficient (Wildman–Crippen LogP) is 2.25. The monoisotopic (exact) mass is 387 g/mol. The summed E-state index contributed by atoms with van der Waals surface area (Å²) in [6.07, 6.45) is 0. The number of Topliss-reactive ketones (excluding diaryl/α,β-unsaturated/α-hetero) is 1. The molecule has 1 unspecified atom stereocenters. The van der Waals surface area contributed by atoms with Gasteiger partial charge in [-0.2, -0.15) is 0 Å². The van der Waals surface area contributed by atoms with E-state index in [1.807, 2.05) is 36.4 Å². The smallest absolute Gasteiger partial charge is 0.329 e. The molecule has 0 fully saturated rings. The minimum atomic E-state index is -0.633. The molecule has 0 bridgehead atoms. The number of hydrogen-bond donors (Lipinski definition) is 2. The molecular formula is C22H17N3O4. The van der Waals surface area contributed by atoms with E-state index in [9.17, 15) is 14.4 Å². The number of hydrogen-bond acceptors (Lipinski definition) is 5. The fraction of sp³-hybridized carbons (Fsp3) is 0.136. The molecule has 0 spiro atoms. The molecule has 3 aromatic rings. The van der Waals surface area contributed by atoms with Crippen molar-refractivity contribution in [3.05, 3.63) is 97.2 Å². The Morgan fingerprint density at radius 3 is 2.52 bits per heavy atom. The maximum atomic E-state index is 13.3. The largest absolute Gasteiger partial charge is 0.497 e. The lowest BCUT2D eigenvalue weighted by Gasteiger charge is -2.29. The average molecular weight is 387 g/mol. The highest BCUT2D eigenvalue weighted by Crippen LogP contribution is 2.47. The fourth-order valence-electron chi connectivity index (χ4n) is 4.19. The summed E-state index contributed by atoms with van der Waals surface area (Å²) >= 11 is 0. The summed E-state index contributed by atoms with van der Waals surface area (Å²) in [4.78, 5) is 40.8. The van der Waals surface area contributed by atoms with Crippen molar-refractivity contribution >= 4 is 17.3 Å². The van der Waals surface area contributed by atoms with Crippen molar-refractivity contribution in [2.24, 2.45) is 7.05 Å². The number of aromatic nitrogens is 2. The first-order valence-corrected chi connectivity index (χ1v) is 9.13. The van der Waals surface area contributed by atoms with Crippen molar-refractivity contribution in [2.45, 2.75) is 5.92 Å². The van der Waals surface area contributed by atoms with Gasteiger partial charge in [0.15, 0.2) is 5.78 Å². The van der Waals surface area contributed by atoms with Gasteiger partial charge < -0.3 is 10.1 Å². The van der Waals surface area contributed by atoms with Crippen molar-refractivity contribution in [3.63, 3.8) is 0 Å². The van der Waals surface area contributed by atoms with E-state index in [4.69, 9.17) is 4.74 Å². The highest BCUT2D eigenvalue weighted by molar-refractivity contribution is 6.23. The van der Waals surface area contributed by atoms with Crippen molar-refractivity contribution in [1.82, 2.24) is 9.55 Å². The molecule has 29 heavy (non-hydrogen) atoms. The number of allylic oxidation sites excluding steroid dienone is 1. The third-order valence-electron chi connectivity index (χ3n) is 5.56. The second-order valence-corrected chi connectivity index (χ2v) is 7.08. The van der Waals surface area contributed by atoms with E-state index in [0.29, 0.717) is 34.0 Å². The second kappa shape index (κ2) is 6.07. The lowest BCUT2D eigenvalue weighted by atomic mass is 9.81. The van der Waals surface area contributed by atoms with Crippen LogP contribution in [0.1, 0.15) is 33.0 Å². The Morgan fingerprint density at radius 2 is 1.76 bits per heavy atom. The van der Waals surface area contributed by atoms with Crippen LogP contribution in [0.3, 0.4) is 0 Å². The van der Waals surface area contributed by atoms with Crippen molar-refractivity contribution in [2.75, 3.05) is 12.4 Å². The summed E-state index contributed by atoms with van der Waals surface area (Å²) in [5.74, 6) is 0.241. The summed E-state index contributed by atoms with van der Waals surface area (Å²) in [6.45, 7) is 0. The zero-order valence-corrected chi connectivity index (χ0v) is 15.8. The van der Waals surface area contributed by atoms with Crippen LogP contribution >= 0.6 is 0 Å². The number of aromatic amines is 1. The van der Waals surface area contributed by atoms with Crippen molar-refractivity contribution in [3.8, 4) is 5.75 Å². The number of nitrogens with one attached hydrogen (secondary N) is 2. The lowest BCUT2D eigenvalue weighted by Crippen LogP contribution is -2.37. The van der Waals surface area contributed by atoms with Gasteiger partial charge in [0.05, 0.1) is 18.4 Å². The van der Waals surface area contributed by atoms with Crippen LogP contribution in [0.2, 0.25) is 0 Å². The molecule has 5 rings (SSSR count). The van der Waals surface area contributed by atoms with Gasteiger partial charge in [-0.1, -0.05) is 36.4 Å². The number of ether oxygens (including phenoxy) is 1. The van der Waals surface area contributed by atoms with Crippen LogP contribution in [0.5, 0.6) is 5.75 Å². The number of H-pyrrole nitrogens is 1. The number of carbonyl (C=O) groups is 1. The molecule has 2 aliphatic rings. The molecule has 1 atom stereocenters. The number of nitrogens with zero attached hydrogens (tertiary/aromatic N) is 1. The maximum absolute atomic E-state index is 13.3. The highest BCUT2D eigenvalue weighted by atomic mass is 16.5. The van der Waals surface area contributed by atoms with E-state index in [1.54, 1.807) is 26.3 Å². The number of rotatable bonds is 2. The molecule has 1 aliphatic carbocycles.